The summed E-state index contributed by atoms with van der Waals surface area (Å²) >= 11 is 0. The average molecular weight is 418 g/mol. The van der Waals surface area contributed by atoms with Crippen molar-refractivity contribution in [2.75, 3.05) is 5.32 Å². The van der Waals surface area contributed by atoms with Crippen LogP contribution in [0.1, 0.15) is 41.0 Å². The van der Waals surface area contributed by atoms with Gasteiger partial charge in [-0.25, -0.2) is 9.59 Å². The molecule has 0 aromatic carbocycles. The number of allylic oxidation sites excluding steroid dienone is 2. The summed E-state index contributed by atoms with van der Waals surface area (Å²) in [6.07, 6.45) is 2.23. The molecule has 2 aromatic rings. The Kier molecular flexibility index (Phi) is 5.53. The van der Waals surface area contributed by atoms with Crippen LogP contribution in [0, 0.1) is 0 Å². The van der Waals surface area contributed by atoms with Crippen LogP contribution in [-0.2, 0) is 25.4 Å². The van der Waals surface area contributed by atoms with Crippen molar-refractivity contribution in [3.8, 4) is 0 Å². The van der Waals surface area contributed by atoms with E-state index < -0.39 is 22.9 Å². The highest BCUT2D eigenvalue weighted by Crippen LogP contribution is 2.27. The van der Waals surface area contributed by atoms with Gasteiger partial charge in [-0.2, -0.15) is 4.98 Å². The second kappa shape index (κ2) is 7.66. The van der Waals surface area contributed by atoms with E-state index in [-0.39, 0.29) is 12.1 Å². The molecule has 1 amide bonds. The molecule has 1 saturated carbocycles. The zero-order valence-electron chi connectivity index (χ0n) is 18.6. The molecular weight excluding hydrogens is 388 g/mol. The lowest BCUT2D eigenvalue weighted by atomic mass is 10.2. The molecule has 10 nitrogen and oxygen atoms in total. The Labute approximate surface area is 174 Å². The lowest BCUT2D eigenvalue weighted by molar-refractivity contribution is 0.0523. The van der Waals surface area contributed by atoms with Gasteiger partial charge in [0.15, 0.2) is 11.2 Å². The predicted octanol–water partition coefficient (Wildman–Crippen LogP) is 1.48. The Morgan fingerprint density at radius 2 is 1.87 bits per heavy atom. The first-order valence-corrected chi connectivity index (χ1v) is 9.94. The number of hydrogen-bond acceptors (Lipinski definition) is 6. The lowest BCUT2D eigenvalue weighted by Crippen LogP contribution is -2.37. The van der Waals surface area contributed by atoms with Crippen LogP contribution in [0.2, 0.25) is 0 Å². The lowest BCUT2D eigenvalue weighted by Gasteiger charge is -2.19. The van der Waals surface area contributed by atoms with Crippen molar-refractivity contribution >= 4 is 23.2 Å². The maximum absolute atomic E-state index is 12.8. The van der Waals surface area contributed by atoms with Crippen molar-refractivity contribution in [1.82, 2.24) is 24.0 Å². The van der Waals surface area contributed by atoms with Crippen LogP contribution in [0.25, 0.3) is 11.2 Å². The van der Waals surface area contributed by atoms with E-state index in [2.05, 4.69) is 15.6 Å². The normalized spacial score (nSPS) is 18.2. The summed E-state index contributed by atoms with van der Waals surface area (Å²) in [6.45, 7) is 9.82. The number of hydrogen-bond donors (Lipinski definition) is 2. The fourth-order valence-electron chi connectivity index (χ4n) is 3.15. The van der Waals surface area contributed by atoms with E-state index in [1.807, 2.05) is 40.7 Å². The summed E-state index contributed by atoms with van der Waals surface area (Å²) in [5.41, 5.74) is 0.393. The van der Waals surface area contributed by atoms with Crippen LogP contribution in [0.3, 0.4) is 0 Å². The van der Waals surface area contributed by atoms with E-state index in [0.29, 0.717) is 30.1 Å². The molecule has 2 heterocycles. The molecule has 164 valence electrons. The van der Waals surface area contributed by atoms with Crippen LogP contribution < -0.4 is 21.9 Å². The Balaban J connectivity index is 1.90. The minimum atomic E-state index is -0.564. The largest absolute Gasteiger partial charge is 0.444 e. The SMILES string of the molecule is CC(C)=CCn1c(N[C@@H]2C[C@@H]2NC(=O)OC(C)(C)C)nc2c1c(=O)n(C)c(=O)n2C. The molecule has 0 aliphatic heterocycles. The number of fused-ring (bicyclic) bond motifs is 1. The third kappa shape index (κ3) is 4.42. The van der Waals surface area contributed by atoms with E-state index >= 15 is 0 Å². The van der Waals surface area contributed by atoms with Crippen LogP contribution in [0.15, 0.2) is 21.2 Å². The topological polar surface area (TPSA) is 112 Å². The number of carbonyl (C=O) groups excluding carboxylic acids is 1. The van der Waals surface area contributed by atoms with Gasteiger partial charge in [0.1, 0.15) is 5.60 Å². The molecule has 1 fully saturated rings. The Morgan fingerprint density at radius 1 is 1.20 bits per heavy atom. The number of anilines is 1. The molecule has 3 rings (SSSR count). The third-order valence-corrected chi connectivity index (χ3v) is 4.84. The molecule has 1 aliphatic rings. The monoisotopic (exact) mass is 418 g/mol. The average Bonchev–Trinajstić information content (AvgIpc) is 3.22. The van der Waals surface area contributed by atoms with Gasteiger partial charge in [-0.15, -0.1) is 0 Å². The number of nitrogens with zero attached hydrogens (tertiary/aromatic N) is 4. The number of aryl methyl sites for hydroxylation is 1. The summed E-state index contributed by atoms with van der Waals surface area (Å²) in [6, 6.07) is -0.135. The van der Waals surface area contributed by atoms with Gasteiger partial charge in [0.25, 0.3) is 5.56 Å². The van der Waals surface area contributed by atoms with Crippen molar-refractivity contribution in [2.45, 2.75) is 65.3 Å². The minimum absolute atomic E-state index is 0.0411. The van der Waals surface area contributed by atoms with Gasteiger partial charge < -0.3 is 19.9 Å². The summed E-state index contributed by atoms with van der Waals surface area (Å²) in [4.78, 5) is 41.6. The number of rotatable bonds is 5. The molecule has 0 spiro atoms. The number of carbonyl (C=O) groups is 1. The van der Waals surface area contributed by atoms with Gasteiger partial charge in [0, 0.05) is 20.6 Å². The first-order valence-electron chi connectivity index (χ1n) is 9.94. The maximum Gasteiger partial charge on any atom is 0.407 e. The number of aromatic nitrogens is 4. The van der Waals surface area contributed by atoms with Gasteiger partial charge in [0.05, 0.1) is 12.1 Å². The molecule has 2 atom stereocenters. The second-order valence-electron chi connectivity index (χ2n) is 8.94. The van der Waals surface area contributed by atoms with Gasteiger partial charge >= 0.3 is 11.8 Å². The second-order valence-corrected chi connectivity index (χ2v) is 8.94. The summed E-state index contributed by atoms with van der Waals surface area (Å²) < 4.78 is 9.51. The molecule has 1 aliphatic carbocycles. The minimum Gasteiger partial charge on any atom is -0.444 e. The van der Waals surface area contributed by atoms with Crippen molar-refractivity contribution in [3.05, 3.63) is 32.5 Å². The molecule has 2 N–H and O–H groups in total. The predicted molar refractivity (Wildman–Crippen MR) is 115 cm³/mol. The van der Waals surface area contributed by atoms with Gasteiger partial charge in [0.2, 0.25) is 5.95 Å². The number of imidazole rings is 1. The van der Waals surface area contributed by atoms with Gasteiger partial charge in [-0.1, -0.05) is 11.6 Å². The first kappa shape index (κ1) is 21.7. The van der Waals surface area contributed by atoms with E-state index in [4.69, 9.17) is 4.74 Å². The van der Waals surface area contributed by atoms with Crippen LogP contribution >= 0.6 is 0 Å². The fourth-order valence-corrected chi connectivity index (χ4v) is 3.15. The Bertz CT molecular complexity index is 1130. The molecule has 30 heavy (non-hydrogen) atoms. The Morgan fingerprint density at radius 3 is 2.47 bits per heavy atom. The van der Waals surface area contributed by atoms with Gasteiger partial charge in [-0.3, -0.25) is 13.9 Å². The molecule has 0 bridgehead atoms. The fraction of sp³-hybridized carbons (Fsp3) is 0.600. The van der Waals surface area contributed by atoms with Crippen LogP contribution in [0.4, 0.5) is 10.7 Å². The van der Waals surface area contributed by atoms with Crippen LogP contribution in [-0.4, -0.2) is 42.5 Å². The molecule has 0 unspecified atom stereocenters. The number of alkyl carbamates (subject to hydrolysis) is 1. The molecule has 0 radical (unpaired) electrons. The van der Waals surface area contributed by atoms with Crippen molar-refractivity contribution < 1.29 is 9.53 Å². The highest BCUT2D eigenvalue weighted by Gasteiger charge is 2.40. The van der Waals surface area contributed by atoms with Crippen LogP contribution in [0.5, 0.6) is 0 Å². The quantitative estimate of drug-likeness (QED) is 0.712. The smallest absolute Gasteiger partial charge is 0.407 e. The highest BCUT2D eigenvalue weighted by molar-refractivity contribution is 5.75. The van der Waals surface area contributed by atoms with Gasteiger partial charge in [-0.05, 0) is 41.0 Å². The zero-order chi connectivity index (χ0) is 22.4. The van der Waals surface area contributed by atoms with E-state index in [0.717, 1.165) is 10.1 Å². The summed E-state index contributed by atoms with van der Waals surface area (Å²) in [7, 11) is 3.05. The molecular formula is C20H30N6O4. The third-order valence-electron chi connectivity index (χ3n) is 4.84. The van der Waals surface area contributed by atoms with E-state index in [1.54, 1.807) is 11.6 Å². The summed E-state index contributed by atoms with van der Waals surface area (Å²) in [5.74, 6) is 0.485. The highest BCUT2D eigenvalue weighted by atomic mass is 16.6. The van der Waals surface area contributed by atoms with Crippen molar-refractivity contribution in [2.24, 2.45) is 14.1 Å². The molecule has 10 heteroatoms. The number of nitrogens with one attached hydrogen (secondary N) is 2. The molecule has 0 saturated heterocycles. The maximum atomic E-state index is 12.8. The van der Waals surface area contributed by atoms with Crippen molar-refractivity contribution in [3.63, 3.8) is 0 Å². The van der Waals surface area contributed by atoms with Crippen molar-refractivity contribution in [1.29, 1.82) is 0 Å². The standard InChI is InChI=1S/C20H30N6O4/c1-11(2)8-9-26-14-15(24(6)19(29)25(7)16(14)27)23-17(26)21-12-10-13(12)22-18(28)30-20(3,4)5/h8,12-13H,9-10H2,1-7H3,(H,21,23)(H,22,28)/t12-,13+/m1/s1. The molecule has 2 aromatic heterocycles. The zero-order valence-corrected chi connectivity index (χ0v) is 18.6. The Hall–Kier alpha value is -3.04. The number of ether oxygens (including phenoxy) is 1. The van der Waals surface area contributed by atoms with E-state index in [9.17, 15) is 14.4 Å². The summed E-state index contributed by atoms with van der Waals surface area (Å²) in [5, 5.41) is 6.13. The van der Waals surface area contributed by atoms with E-state index in [1.165, 1.54) is 11.6 Å². The number of amides is 1. The first-order chi connectivity index (χ1) is 13.9.